The predicted octanol–water partition coefficient (Wildman–Crippen LogP) is 2.10. The Morgan fingerprint density at radius 2 is 2.08 bits per heavy atom. The van der Waals surface area contributed by atoms with Crippen molar-refractivity contribution in [2.75, 3.05) is 7.11 Å². The molecule has 24 heavy (non-hydrogen) atoms. The molecule has 2 rings (SSSR count). The first-order valence-electron chi connectivity index (χ1n) is 6.43. The van der Waals surface area contributed by atoms with Crippen molar-refractivity contribution in [2.24, 2.45) is 10.2 Å². The van der Waals surface area contributed by atoms with Crippen LogP contribution in [0.15, 0.2) is 33.3 Å². The average molecular weight is 388 g/mol. The molecular weight excluding hydrogens is 377 g/mol. The minimum Gasteiger partial charge on any atom is -0.466 e. The molecule has 1 aliphatic rings. The average Bonchev–Trinajstić information content (AvgIpc) is 2.89. The van der Waals surface area contributed by atoms with Gasteiger partial charge < -0.3 is 9.84 Å². The number of ether oxygens (including phenoxy) is 1. The first-order chi connectivity index (χ1) is 11.4. The number of aliphatic hydroxyl groups is 1. The van der Waals surface area contributed by atoms with Crippen LogP contribution in [0.2, 0.25) is 10.0 Å². The smallest absolute Gasteiger partial charge is 0.331 e. The van der Waals surface area contributed by atoms with E-state index in [9.17, 15) is 9.59 Å². The van der Waals surface area contributed by atoms with Gasteiger partial charge in [-0.05, 0) is 29.5 Å². The molecule has 1 heterocycles. The Balaban J connectivity index is 2.15. The standard InChI is InChI=1S/C14H11Cl2N3O4S/c1-23-12(21)4-11-13(22)18-14(24-11)19-17-5-8-9(15)2-7(6-20)3-10(8)16/h2-5,20H,6H2,1H3,(H,18,19,22)/b11-4+,17-5?. The van der Waals surface area contributed by atoms with Crippen molar-refractivity contribution < 1.29 is 19.4 Å². The SMILES string of the molecule is COC(=O)/C=C1/S/C(=N\N=Cc2c(Cl)cc(CO)cc2Cl)NC1=O. The molecule has 0 unspecified atom stereocenters. The summed E-state index contributed by atoms with van der Waals surface area (Å²) in [4.78, 5) is 22.9. The third kappa shape index (κ3) is 4.57. The Kier molecular flexibility index (Phi) is 6.38. The van der Waals surface area contributed by atoms with Crippen LogP contribution in [0.5, 0.6) is 0 Å². The van der Waals surface area contributed by atoms with Gasteiger partial charge in [-0.15, -0.1) is 5.10 Å². The van der Waals surface area contributed by atoms with Crippen LogP contribution >= 0.6 is 35.0 Å². The van der Waals surface area contributed by atoms with Gasteiger partial charge in [-0.25, -0.2) is 4.79 Å². The zero-order valence-corrected chi connectivity index (χ0v) is 14.6. The number of thioether (sulfide) groups is 1. The van der Waals surface area contributed by atoms with E-state index in [4.69, 9.17) is 28.3 Å². The van der Waals surface area contributed by atoms with E-state index in [0.717, 1.165) is 17.8 Å². The number of nitrogens with one attached hydrogen (secondary N) is 1. The zero-order chi connectivity index (χ0) is 17.7. The highest BCUT2D eigenvalue weighted by molar-refractivity contribution is 8.18. The molecule has 0 atom stereocenters. The van der Waals surface area contributed by atoms with Crippen molar-refractivity contribution >= 4 is 58.2 Å². The predicted molar refractivity (Wildman–Crippen MR) is 93.2 cm³/mol. The van der Waals surface area contributed by atoms with Crippen LogP contribution in [-0.4, -0.2) is 35.5 Å². The van der Waals surface area contributed by atoms with E-state index in [1.165, 1.54) is 13.3 Å². The Morgan fingerprint density at radius 1 is 1.42 bits per heavy atom. The summed E-state index contributed by atoms with van der Waals surface area (Å²) in [6, 6.07) is 3.12. The number of amidine groups is 1. The summed E-state index contributed by atoms with van der Waals surface area (Å²) >= 11 is 13.1. The van der Waals surface area contributed by atoms with Crippen LogP contribution in [0.25, 0.3) is 0 Å². The third-order valence-electron chi connectivity index (χ3n) is 2.76. The van der Waals surface area contributed by atoms with Crippen molar-refractivity contribution in [3.63, 3.8) is 0 Å². The van der Waals surface area contributed by atoms with Gasteiger partial charge in [0.05, 0.1) is 34.9 Å². The second-order valence-corrected chi connectivity index (χ2v) is 6.21. The molecule has 10 heteroatoms. The molecule has 0 bridgehead atoms. The molecule has 1 fully saturated rings. The number of methoxy groups -OCH3 is 1. The number of nitrogens with zero attached hydrogens (tertiary/aromatic N) is 2. The summed E-state index contributed by atoms with van der Waals surface area (Å²) in [6.45, 7) is -0.183. The zero-order valence-electron chi connectivity index (χ0n) is 12.2. The van der Waals surface area contributed by atoms with E-state index in [2.05, 4.69) is 20.3 Å². The van der Waals surface area contributed by atoms with Crippen molar-refractivity contribution in [3.8, 4) is 0 Å². The Morgan fingerprint density at radius 3 is 2.67 bits per heavy atom. The number of aliphatic hydroxyl groups excluding tert-OH is 1. The number of carbonyl (C=O) groups excluding carboxylic acids is 2. The molecule has 0 aromatic heterocycles. The normalized spacial score (nSPS) is 17.8. The van der Waals surface area contributed by atoms with Gasteiger partial charge in [-0.2, -0.15) is 5.10 Å². The number of benzene rings is 1. The Labute approximate surface area is 151 Å². The molecule has 2 N–H and O–H groups in total. The van der Waals surface area contributed by atoms with Crippen LogP contribution < -0.4 is 5.32 Å². The molecule has 7 nitrogen and oxygen atoms in total. The second kappa shape index (κ2) is 8.29. The number of hydrogen-bond acceptors (Lipinski definition) is 7. The summed E-state index contributed by atoms with van der Waals surface area (Å²) in [5, 5.41) is 20.0. The van der Waals surface area contributed by atoms with Crippen molar-refractivity contribution in [1.29, 1.82) is 0 Å². The van der Waals surface area contributed by atoms with Crippen LogP contribution in [-0.2, 0) is 20.9 Å². The van der Waals surface area contributed by atoms with Gasteiger partial charge >= 0.3 is 5.97 Å². The first kappa shape index (κ1) is 18.5. The largest absolute Gasteiger partial charge is 0.466 e. The highest BCUT2D eigenvalue weighted by Gasteiger charge is 2.25. The van der Waals surface area contributed by atoms with Crippen LogP contribution in [0.3, 0.4) is 0 Å². The molecule has 1 aliphatic heterocycles. The first-order valence-corrected chi connectivity index (χ1v) is 8.00. The summed E-state index contributed by atoms with van der Waals surface area (Å²) in [6.07, 6.45) is 2.39. The van der Waals surface area contributed by atoms with E-state index in [1.807, 2.05) is 0 Å². The minimum atomic E-state index is -0.639. The van der Waals surface area contributed by atoms with Gasteiger partial charge in [-0.1, -0.05) is 23.2 Å². The van der Waals surface area contributed by atoms with Gasteiger partial charge in [0.25, 0.3) is 5.91 Å². The number of halogens is 2. The molecule has 1 aromatic carbocycles. The van der Waals surface area contributed by atoms with Crippen LogP contribution in [0, 0.1) is 0 Å². The molecule has 126 valence electrons. The highest BCUT2D eigenvalue weighted by atomic mass is 35.5. The monoisotopic (exact) mass is 387 g/mol. The van der Waals surface area contributed by atoms with E-state index in [1.54, 1.807) is 12.1 Å². The lowest BCUT2D eigenvalue weighted by atomic mass is 10.1. The fourth-order valence-electron chi connectivity index (χ4n) is 1.63. The molecule has 1 amide bonds. The lowest BCUT2D eigenvalue weighted by Gasteiger charge is -2.03. The maximum absolute atomic E-state index is 11.6. The van der Waals surface area contributed by atoms with Gasteiger partial charge in [0.1, 0.15) is 0 Å². The van der Waals surface area contributed by atoms with Gasteiger partial charge in [0.2, 0.25) is 0 Å². The topological polar surface area (TPSA) is 100 Å². The number of rotatable bonds is 4. The summed E-state index contributed by atoms with van der Waals surface area (Å²) < 4.78 is 4.45. The number of esters is 1. The highest BCUT2D eigenvalue weighted by Crippen LogP contribution is 2.26. The molecular formula is C14H11Cl2N3O4S. The number of hydrogen-bond donors (Lipinski definition) is 2. The quantitative estimate of drug-likeness (QED) is 0.356. The molecule has 0 saturated carbocycles. The van der Waals surface area contributed by atoms with E-state index in [0.29, 0.717) is 21.2 Å². The molecule has 1 aromatic rings. The van der Waals surface area contributed by atoms with Crippen LogP contribution in [0.1, 0.15) is 11.1 Å². The summed E-state index contributed by atoms with van der Waals surface area (Å²) in [5.41, 5.74) is 1.00. The van der Waals surface area contributed by atoms with E-state index in [-0.39, 0.29) is 16.7 Å². The van der Waals surface area contributed by atoms with Gasteiger partial charge in [0.15, 0.2) is 5.17 Å². The second-order valence-electron chi connectivity index (χ2n) is 4.37. The minimum absolute atomic E-state index is 0.152. The molecule has 0 aliphatic carbocycles. The van der Waals surface area contributed by atoms with Gasteiger partial charge in [-0.3, -0.25) is 10.1 Å². The maximum Gasteiger partial charge on any atom is 0.331 e. The Bertz CT molecular complexity index is 754. The Hall–Kier alpha value is -1.87. The van der Waals surface area contributed by atoms with Gasteiger partial charge in [0, 0.05) is 11.6 Å². The number of amides is 1. The maximum atomic E-state index is 11.6. The van der Waals surface area contributed by atoms with Crippen molar-refractivity contribution in [2.45, 2.75) is 6.61 Å². The van der Waals surface area contributed by atoms with Crippen molar-refractivity contribution in [3.05, 3.63) is 44.3 Å². The lowest BCUT2D eigenvalue weighted by molar-refractivity contribution is -0.135. The fraction of sp³-hybridized carbons (Fsp3) is 0.143. The van der Waals surface area contributed by atoms with E-state index < -0.39 is 11.9 Å². The molecule has 1 saturated heterocycles. The fourth-order valence-corrected chi connectivity index (χ4v) is 3.00. The van der Waals surface area contributed by atoms with E-state index >= 15 is 0 Å². The summed E-state index contributed by atoms with van der Waals surface area (Å²) in [5.74, 6) is -1.11. The van der Waals surface area contributed by atoms with Crippen molar-refractivity contribution in [1.82, 2.24) is 5.32 Å². The third-order valence-corrected chi connectivity index (χ3v) is 4.28. The van der Waals surface area contributed by atoms with Crippen LogP contribution in [0.4, 0.5) is 0 Å². The summed E-state index contributed by atoms with van der Waals surface area (Å²) in [7, 11) is 1.21. The number of carbonyl (C=O) groups is 2. The molecule has 0 spiro atoms. The molecule has 0 radical (unpaired) electrons. The lowest BCUT2D eigenvalue weighted by Crippen LogP contribution is -2.19.